The number of nitrogens with one attached hydrogen (secondary N) is 1. The number of carboxylic acid groups (broad SMARTS) is 1. The van der Waals surface area contributed by atoms with Gasteiger partial charge < -0.3 is 10.4 Å². The molecule has 0 saturated heterocycles. The number of aromatic nitrogens is 2. The van der Waals surface area contributed by atoms with Gasteiger partial charge in [-0.2, -0.15) is 5.10 Å². The van der Waals surface area contributed by atoms with E-state index in [1.807, 2.05) is 19.9 Å². The highest BCUT2D eigenvalue weighted by Crippen LogP contribution is 2.27. The summed E-state index contributed by atoms with van der Waals surface area (Å²) in [7, 11) is 0. The van der Waals surface area contributed by atoms with Crippen molar-refractivity contribution in [1.29, 1.82) is 0 Å². The maximum atomic E-state index is 12.2. The van der Waals surface area contributed by atoms with E-state index in [1.165, 1.54) is 0 Å². The zero-order valence-electron chi connectivity index (χ0n) is 12.7. The molecule has 1 amide bonds. The van der Waals surface area contributed by atoms with Crippen molar-refractivity contribution in [3.05, 3.63) is 17.5 Å². The fourth-order valence-electron chi connectivity index (χ4n) is 3.00. The van der Waals surface area contributed by atoms with Crippen molar-refractivity contribution in [3.63, 3.8) is 0 Å². The van der Waals surface area contributed by atoms with E-state index in [-0.39, 0.29) is 12.5 Å². The number of carbonyl (C=O) groups is 2. The Kier molecular flexibility index (Phi) is 4.65. The minimum Gasteiger partial charge on any atom is -0.480 e. The molecule has 1 aliphatic rings. The lowest BCUT2D eigenvalue weighted by molar-refractivity contribution is -0.148. The van der Waals surface area contributed by atoms with Crippen molar-refractivity contribution in [2.24, 2.45) is 0 Å². The van der Waals surface area contributed by atoms with Crippen LogP contribution in [0.3, 0.4) is 0 Å². The fourth-order valence-corrected chi connectivity index (χ4v) is 3.00. The number of carbonyl (C=O) groups excluding carboxylic acids is 1. The maximum absolute atomic E-state index is 12.2. The van der Waals surface area contributed by atoms with E-state index in [1.54, 1.807) is 4.68 Å². The molecule has 2 rings (SSSR count). The van der Waals surface area contributed by atoms with Gasteiger partial charge in [-0.1, -0.05) is 25.7 Å². The topological polar surface area (TPSA) is 84.2 Å². The summed E-state index contributed by atoms with van der Waals surface area (Å²) in [6.07, 6.45) is 4.75. The maximum Gasteiger partial charge on any atom is 0.329 e. The van der Waals surface area contributed by atoms with Crippen molar-refractivity contribution >= 4 is 11.9 Å². The standard InChI is InChI=1S/C15H23N3O3/c1-11-9-12(2)18(17-11)10-13(19)16-15(14(20)21)7-5-3-4-6-8-15/h9H,3-8,10H2,1-2H3,(H,16,19)(H,20,21). The average molecular weight is 293 g/mol. The Morgan fingerprint density at radius 3 is 2.38 bits per heavy atom. The van der Waals surface area contributed by atoms with Gasteiger partial charge in [-0.25, -0.2) is 4.79 Å². The monoisotopic (exact) mass is 293 g/mol. The van der Waals surface area contributed by atoms with Gasteiger partial charge in [-0.15, -0.1) is 0 Å². The van der Waals surface area contributed by atoms with Crippen LogP contribution >= 0.6 is 0 Å². The summed E-state index contributed by atoms with van der Waals surface area (Å²) in [4.78, 5) is 23.9. The molecular weight excluding hydrogens is 270 g/mol. The Bertz CT molecular complexity index is 528. The van der Waals surface area contributed by atoms with Gasteiger partial charge in [0.15, 0.2) is 0 Å². The van der Waals surface area contributed by atoms with Crippen LogP contribution in [0.1, 0.15) is 49.9 Å². The number of amides is 1. The number of carboxylic acids is 1. The third-order valence-electron chi connectivity index (χ3n) is 4.14. The van der Waals surface area contributed by atoms with Gasteiger partial charge >= 0.3 is 5.97 Å². The van der Waals surface area contributed by atoms with Gasteiger partial charge in [0.2, 0.25) is 5.91 Å². The molecule has 116 valence electrons. The van der Waals surface area contributed by atoms with Crippen LogP contribution in [0.2, 0.25) is 0 Å². The van der Waals surface area contributed by atoms with E-state index in [0.29, 0.717) is 12.8 Å². The molecule has 0 radical (unpaired) electrons. The van der Waals surface area contributed by atoms with E-state index in [2.05, 4.69) is 10.4 Å². The minimum atomic E-state index is -1.11. The Morgan fingerprint density at radius 2 is 1.90 bits per heavy atom. The second kappa shape index (κ2) is 6.28. The quantitative estimate of drug-likeness (QED) is 0.829. The molecule has 6 nitrogen and oxygen atoms in total. The number of hydrogen-bond donors (Lipinski definition) is 2. The zero-order valence-corrected chi connectivity index (χ0v) is 12.7. The number of aliphatic carboxylic acids is 1. The van der Waals surface area contributed by atoms with Gasteiger partial charge in [0.1, 0.15) is 12.1 Å². The predicted octanol–water partition coefficient (Wildman–Crippen LogP) is 1.79. The lowest BCUT2D eigenvalue weighted by Gasteiger charge is -2.29. The van der Waals surface area contributed by atoms with Crippen LogP contribution in [-0.4, -0.2) is 32.3 Å². The second-order valence-electron chi connectivity index (χ2n) is 5.93. The molecule has 0 unspecified atom stereocenters. The molecule has 1 heterocycles. The smallest absolute Gasteiger partial charge is 0.329 e. The highest BCUT2D eigenvalue weighted by Gasteiger charge is 2.40. The Labute approximate surface area is 124 Å². The summed E-state index contributed by atoms with van der Waals surface area (Å²) < 4.78 is 1.61. The highest BCUT2D eigenvalue weighted by atomic mass is 16.4. The largest absolute Gasteiger partial charge is 0.480 e. The van der Waals surface area contributed by atoms with Gasteiger partial charge in [-0.05, 0) is 32.8 Å². The first-order chi connectivity index (χ1) is 9.93. The fraction of sp³-hybridized carbons (Fsp3) is 0.667. The SMILES string of the molecule is Cc1cc(C)n(CC(=O)NC2(C(=O)O)CCCCCC2)n1. The van der Waals surface area contributed by atoms with Crippen molar-refractivity contribution in [1.82, 2.24) is 15.1 Å². The van der Waals surface area contributed by atoms with E-state index in [9.17, 15) is 14.7 Å². The Hall–Kier alpha value is -1.85. The number of nitrogens with zero attached hydrogens (tertiary/aromatic N) is 2. The predicted molar refractivity (Wildman–Crippen MR) is 77.9 cm³/mol. The summed E-state index contributed by atoms with van der Waals surface area (Å²) in [5, 5.41) is 16.5. The molecule has 1 aromatic rings. The molecule has 1 fully saturated rings. The molecule has 0 aliphatic heterocycles. The molecule has 0 atom stereocenters. The highest BCUT2D eigenvalue weighted by molar-refractivity contribution is 5.87. The molecule has 21 heavy (non-hydrogen) atoms. The van der Waals surface area contributed by atoms with E-state index in [0.717, 1.165) is 37.1 Å². The van der Waals surface area contributed by atoms with Crippen molar-refractivity contribution in [2.45, 2.75) is 64.5 Å². The summed E-state index contributed by atoms with van der Waals surface area (Å²) in [6, 6.07) is 1.89. The summed E-state index contributed by atoms with van der Waals surface area (Å²) in [6.45, 7) is 3.81. The average Bonchev–Trinajstić information content (AvgIpc) is 2.62. The Balaban J connectivity index is 2.08. The minimum absolute atomic E-state index is 0.0642. The van der Waals surface area contributed by atoms with E-state index >= 15 is 0 Å². The van der Waals surface area contributed by atoms with Crippen LogP contribution in [0.5, 0.6) is 0 Å². The van der Waals surface area contributed by atoms with E-state index < -0.39 is 11.5 Å². The van der Waals surface area contributed by atoms with Crippen LogP contribution in [0.15, 0.2) is 6.07 Å². The van der Waals surface area contributed by atoms with Gasteiger partial charge in [0, 0.05) is 5.69 Å². The molecular formula is C15H23N3O3. The summed E-state index contributed by atoms with van der Waals surface area (Å²) >= 11 is 0. The number of hydrogen-bond acceptors (Lipinski definition) is 3. The third kappa shape index (κ3) is 3.62. The summed E-state index contributed by atoms with van der Waals surface area (Å²) in [5.41, 5.74) is 0.638. The molecule has 1 aromatic heterocycles. The third-order valence-corrected chi connectivity index (χ3v) is 4.14. The van der Waals surface area contributed by atoms with Crippen molar-refractivity contribution < 1.29 is 14.7 Å². The number of aryl methyl sites for hydroxylation is 2. The Morgan fingerprint density at radius 1 is 1.29 bits per heavy atom. The van der Waals surface area contributed by atoms with Crippen molar-refractivity contribution in [3.8, 4) is 0 Å². The normalized spacial score (nSPS) is 18.0. The van der Waals surface area contributed by atoms with E-state index in [4.69, 9.17) is 0 Å². The second-order valence-corrected chi connectivity index (χ2v) is 5.93. The van der Waals surface area contributed by atoms with Gasteiger partial charge in [0.25, 0.3) is 0 Å². The van der Waals surface area contributed by atoms with Crippen LogP contribution in [-0.2, 0) is 16.1 Å². The first-order valence-corrected chi connectivity index (χ1v) is 7.48. The first-order valence-electron chi connectivity index (χ1n) is 7.48. The molecule has 0 spiro atoms. The van der Waals surface area contributed by atoms with Crippen LogP contribution in [0.4, 0.5) is 0 Å². The van der Waals surface area contributed by atoms with Gasteiger partial charge in [0.05, 0.1) is 5.69 Å². The van der Waals surface area contributed by atoms with Crippen LogP contribution in [0.25, 0.3) is 0 Å². The number of rotatable bonds is 4. The molecule has 0 aromatic carbocycles. The molecule has 0 bridgehead atoms. The molecule has 2 N–H and O–H groups in total. The van der Waals surface area contributed by atoms with Crippen LogP contribution in [0, 0.1) is 13.8 Å². The lowest BCUT2D eigenvalue weighted by atomic mass is 9.90. The molecule has 1 aliphatic carbocycles. The zero-order chi connectivity index (χ0) is 15.5. The van der Waals surface area contributed by atoms with Crippen molar-refractivity contribution in [2.75, 3.05) is 0 Å². The van der Waals surface area contributed by atoms with Crippen LogP contribution < -0.4 is 5.32 Å². The summed E-state index contributed by atoms with van der Waals surface area (Å²) in [5.74, 6) is -1.21. The lowest BCUT2D eigenvalue weighted by Crippen LogP contribution is -2.55. The molecule has 1 saturated carbocycles. The molecule has 6 heteroatoms. The first kappa shape index (κ1) is 15.5. The van der Waals surface area contributed by atoms with Gasteiger partial charge in [-0.3, -0.25) is 9.48 Å².